The maximum absolute atomic E-state index is 13.7. The minimum Gasteiger partial charge on any atom is -0.504 e. The molecule has 0 fully saturated rings. The number of carbonyl (C=O) groups excluding carboxylic acids is 1. The molecular weight excluding hydrogens is 524 g/mol. The van der Waals surface area contributed by atoms with Gasteiger partial charge in [-0.2, -0.15) is 0 Å². The van der Waals surface area contributed by atoms with Gasteiger partial charge in [-0.3, -0.25) is 4.79 Å². The number of rotatable bonds is 8. The van der Waals surface area contributed by atoms with E-state index in [1.54, 1.807) is 48.6 Å². The summed E-state index contributed by atoms with van der Waals surface area (Å²) in [4.78, 5) is 13.7. The molecule has 1 heterocycles. The van der Waals surface area contributed by atoms with Crippen molar-refractivity contribution in [3.05, 3.63) is 106 Å². The minimum absolute atomic E-state index is 0.00458. The molecule has 3 aromatic carbocycles. The summed E-state index contributed by atoms with van der Waals surface area (Å²) in [5, 5.41) is 26.8. The van der Waals surface area contributed by atoms with E-state index in [-0.39, 0.29) is 17.3 Å². The molecule has 7 nitrogen and oxygen atoms in total. The van der Waals surface area contributed by atoms with Gasteiger partial charge in [-0.15, -0.1) is 0 Å². The predicted molar refractivity (Wildman–Crippen MR) is 152 cm³/mol. The topological polar surface area (TPSA) is 100 Å². The minimum atomic E-state index is -0.613. The van der Waals surface area contributed by atoms with E-state index in [2.05, 4.69) is 10.6 Å². The van der Waals surface area contributed by atoms with Gasteiger partial charge in [0.1, 0.15) is 0 Å². The number of methoxy groups -OCH3 is 2. The number of benzene rings is 3. The fourth-order valence-electron chi connectivity index (χ4n) is 3.97. The average molecular weight is 549 g/mol. The highest BCUT2D eigenvalue weighted by Crippen LogP contribution is 2.34. The van der Waals surface area contributed by atoms with Gasteiger partial charge in [0.05, 0.1) is 20.3 Å². The van der Waals surface area contributed by atoms with Crippen LogP contribution in [0, 0.1) is 0 Å². The number of thiocarbonyl (C=S) groups is 1. The number of allylic oxidation sites excluding steroid dienone is 2. The number of ether oxygens (including phenoxy) is 2. The third-order valence-electron chi connectivity index (χ3n) is 5.86. The van der Waals surface area contributed by atoms with Crippen LogP contribution in [0.15, 0.2) is 84.1 Å². The summed E-state index contributed by atoms with van der Waals surface area (Å²) in [6, 6.07) is 16.4. The van der Waals surface area contributed by atoms with Crippen molar-refractivity contribution in [3.63, 3.8) is 0 Å². The molecule has 4 rings (SSSR count). The molecule has 0 bridgehead atoms. The molecule has 1 aliphatic rings. The number of nitrogens with one attached hydrogen (secondary N) is 2. The number of phenolic OH excluding ortho intramolecular Hbond substituents is 2. The Labute approximate surface area is 230 Å². The molecule has 9 heteroatoms. The van der Waals surface area contributed by atoms with E-state index < -0.39 is 6.04 Å². The van der Waals surface area contributed by atoms with Gasteiger partial charge in [0.2, 0.25) is 0 Å². The van der Waals surface area contributed by atoms with Crippen LogP contribution in [0.25, 0.3) is 12.2 Å². The monoisotopic (exact) mass is 548 g/mol. The van der Waals surface area contributed by atoms with Crippen molar-refractivity contribution < 1.29 is 24.5 Å². The zero-order chi connectivity index (χ0) is 27.2. The van der Waals surface area contributed by atoms with Crippen molar-refractivity contribution in [1.82, 2.24) is 10.6 Å². The lowest BCUT2D eigenvalue weighted by Gasteiger charge is -2.30. The molecule has 1 atom stereocenters. The molecule has 38 heavy (non-hydrogen) atoms. The van der Waals surface area contributed by atoms with E-state index in [4.69, 9.17) is 33.3 Å². The van der Waals surface area contributed by atoms with Crippen molar-refractivity contribution in [2.24, 2.45) is 0 Å². The van der Waals surface area contributed by atoms with Gasteiger partial charge >= 0.3 is 0 Å². The zero-order valence-corrected chi connectivity index (χ0v) is 22.1. The molecule has 1 aliphatic heterocycles. The molecule has 1 unspecified atom stereocenters. The number of phenols is 2. The van der Waals surface area contributed by atoms with Crippen LogP contribution in [-0.2, 0) is 4.79 Å². The summed E-state index contributed by atoms with van der Waals surface area (Å²) in [7, 11) is 2.93. The summed E-state index contributed by atoms with van der Waals surface area (Å²) in [6.45, 7) is 0. The SMILES string of the molecule is COc1cc(/C=C/C(=O)C2=C(/C=C/c3ccc(O)c(OC)c3)NC(=S)NC2c2ccccc2Cl)ccc1O. The highest BCUT2D eigenvalue weighted by atomic mass is 35.5. The summed E-state index contributed by atoms with van der Waals surface area (Å²) in [5.74, 6) is 0.368. The van der Waals surface area contributed by atoms with Crippen LogP contribution < -0.4 is 20.1 Å². The number of hydrogen-bond donors (Lipinski definition) is 4. The quantitative estimate of drug-likeness (QED) is 0.215. The molecule has 4 N–H and O–H groups in total. The van der Waals surface area contributed by atoms with Gasteiger partial charge in [0.25, 0.3) is 0 Å². The molecule has 194 valence electrons. The molecular formula is C29H25ClN2O5S. The number of hydrogen-bond acceptors (Lipinski definition) is 6. The number of carbonyl (C=O) groups is 1. The molecule has 0 amide bonds. The van der Waals surface area contributed by atoms with E-state index >= 15 is 0 Å². The second kappa shape index (κ2) is 11.9. The molecule has 0 aromatic heterocycles. The Bertz CT molecular complexity index is 1480. The highest BCUT2D eigenvalue weighted by Gasteiger charge is 2.30. The molecule has 0 saturated heterocycles. The highest BCUT2D eigenvalue weighted by molar-refractivity contribution is 7.80. The first-order valence-corrected chi connectivity index (χ1v) is 12.3. The smallest absolute Gasteiger partial charge is 0.186 e. The first-order valence-electron chi connectivity index (χ1n) is 11.5. The van der Waals surface area contributed by atoms with Gasteiger partial charge in [-0.25, -0.2) is 0 Å². The maximum atomic E-state index is 13.7. The van der Waals surface area contributed by atoms with Gasteiger partial charge < -0.3 is 30.3 Å². The van der Waals surface area contributed by atoms with Crippen LogP contribution in [0.4, 0.5) is 0 Å². The Balaban J connectivity index is 1.79. The average Bonchev–Trinajstić information content (AvgIpc) is 2.91. The summed E-state index contributed by atoms with van der Waals surface area (Å²) in [5.41, 5.74) is 2.99. The first kappa shape index (κ1) is 26.8. The summed E-state index contributed by atoms with van der Waals surface area (Å²) < 4.78 is 10.4. The summed E-state index contributed by atoms with van der Waals surface area (Å²) >= 11 is 12.0. The van der Waals surface area contributed by atoms with Gasteiger partial charge in [-0.1, -0.05) is 54.1 Å². The lowest BCUT2D eigenvalue weighted by molar-refractivity contribution is -0.111. The van der Waals surface area contributed by atoms with Crippen LogP contribution in [-0.4, -0.2) is 35.3 Å². The van der Waals surface area contributed by atoms with Crippen LogP contribution in [0.5, 0.6) is 23.0 Å². The lowest BCUT2D eigenvalue weighted by Crippen LogP contribution is -2.45. The van der Waals surface area contributed by atoms with E-state index in [1.165, 1.54) is 32.4 Å². The predicted octanol–water partition coefficient (Wildman–Crippen LogP) is 5.54. The van der Waals surface area contributed by atoms with Gasteiger partial charge in [0.15, 0.2) is 33.9 Å². The Kier molecular flexibility index (Phi) is 8.35. The Morgan fingerprint density at radius 2 is 1.53 bits per heavy atom. The van der Waals surface area contributed by atoms with E-state index in [0.717, 1.165) is 5.56 Å². The van der Waals surface area contributed by atoms with Crippen molar-refractivity contribution in [3.8, 4) is 23.0 Å². The van der Waals surface area contributed by atoms with Gasteiger partial charge in [-0.05, 0) is 71.4 Å². The van der Waals surface area contributed by atoms with E-state index in [9.17, 15) is 15.0 Å². The van der Waals surface area contributed by atoms with Crippen LogP contribution in [0.2, 0.25) is 5.02 Å². The Hall–Kier alpha value is -4.27. The normalized spacial score (nSPS) is 15.4. The van der Waals surface area contributed by atoms with Crippen molar-refractivity contribution >= 4 is 46.9 Å². The second-order valence-electron chi connectivity index (χ2n) is 8.27. The number of ketones is 1. The van der Waals surface area contributed by atoms with Crippen LogP contribution in [0.3, 0.4) is 0 Å². The second-order valence-corrected chi connectivity index (χ2v) is 9.09. The maximum Gasteiger partial charge on any atom is 0.186 e. The van der Waals surface area contributed by atoms with Crippen molar-refractivity contribution in [2.45, 2.75) is 6.04 Å². The fourth-order valence-corrected chi connectivity index (χ4v) is 4.44. The molecule has 0 aliphatic carbocycles. The number of halogens is 1. The fraction of sp³-hybridized carbons (Fsp3) is 0.103. The molecule has 0 radical (unpaired) electrons. The third-order valence-corrected chi connectivity index (χ3v) is 6.43. The van der Waals surface area contributed by atoms with E-state index in [0.29, 0.717) is 44.0 Å². The van der Waals surface area contributed by atoms with Gasteiger partial charge in [0, 0.05) is 16.3 Å². The molecule has 0 spiro atoms. The van der Waals surface area contributed by atoms with Crippen LogP contribution in [0.1, 0.15) is 22.7 Å². The largest absolute Gasteiger partial charge is 0.504 e. The van der Waals surface area contributed by atoms with Crippen molar-refractivity contribution in [1.29, 1.82) is 0 Å². The van der Waals surface area contributed by atoms with E-state index in [1.807, 2.05) is 18.2 Å². The third kappa shape index (κ3) is 5.99. The Morgan fingerprint density at radius 3 is 2.13 bits per heavy atom. The van der Waals surface area contributed by atoms with Crippen molar-refractivity contribution in [2.75, 3.05) is 14.2 Å². The zero-order valence-electron chi connectivity index (χ0n) is 20.6. The number of aromatic hydroxyl groups is 2. The first-order chi connectivity index (χ1) is 18.3. The summed E-state index contributed by atoms with van der Waals surface area (Å²) in [6.07, 6.45) is 6.61. The molecule has 3 aromatic rings. The lowest BCUT2D eigenvalue weighted by atomic mass is 9.91. The molecule has 0 saturated carbocycles. The standard InChI is InChI=1S/C29H25ClN2O5S/c1-36-25-15-17(8-12-22(25)33)7-11-21-27(24(35)14-10-18-9-13-23(34)26(16-18)37-2)28(32-29(38)31-21)19-5-3-4-6-20(19)30/h3-16,28,33-34H,1-2H3,(H2,31,32,38)/b11-7+,14-10+. The van der Waals surface area contributed by atoms with Crippen LogP contribution >= 0.6 is 23.8 Å². The Morgan fingerprint density at radius 1 is 0.921 bits per heavy atom.